The van der Waals surface area contributed by atoms with Crippen LogP contribution < -0.4 is 10.6 Å². The van der Waals surface area contributed by atoms with Crippen LogP contribution in [0.3, 0.4) is 0 Å². The summed E-state index contributed by atoms with van der Waals surface area (Å²) in [7, 11) is 3.62. The van der Waals surface area contributed by atoms with Gasteiger partial charge in [-0.05, 0) is 32.5 Å². The Morgan fingerprint density at radius 2 is 2.19 bits per heavy atom. The van der Waals surface area contributed by atoms with Crippen LogP contribution in [0.15, 0.2) is 29.9 Å². The Labute approximate surface area is 167 Å². The molecule has 9 heteroatoms. The zero-order valence-electron chi connectivity index (χ0n) is 14.9. The number of rotatable bonds is 7. The number of nitrogens with one attached hydrogen (secondary N) is 2. The van der Waals surface area contributed by atoms with Gasteiger partial charge in [-0.1, -0.05) is 0 Å². The Bertz CT molecular complexity index is 857. The van der Waals surface area contributed by atoms with Gasteiger partial charge >= 0.3 is 0 Å². The standard InChI is InChI=1S/C17H21N5OS2.ClH/c1-11-21-14(10-24-11)15-5-4-13(25-15)6-7-19-17(23)16(18-2)12-8-20-22(3)9-12;/h4-5,8-10,16,18H,6-7H2,1-3H3,(H,19,23);1H. The summed E-state index contributed by atoms with van der Waals surface area (Å²) >= 11 is 3.39. The third-order valence-electron chi connectivity index (χ3n) is 3.81. The third kappa shape index (κ3) is 4.91. The first kappa shape index (κ1) is 20.6. The van der Waals surface area contributed by atoms with Crippen molar-refractivity contribution < 1.29 is 4.79 Å². The molecule has 0 saturated carbocycles. The minimum atomic E-state index is -0.384. The molecule has 3 rings (SSSR count). The summed E-state index contributed by atoms with van der Waals surface area (Å²) in [6.07, 6.45) is 4.37. The van der Waals surface area contributed by atoms with Gasteiger partial charge in [0.15, 0.2) is 0 Å². The van der Waals surface area contributed by atoms with Gasteiger partial charge in [-0.15, -0.1) is 35.1 Å². The van der Waals surface area contributed by atoms with Crippen molar-refractivity contribution in [1.29, 1.82) is 0 Å². The first-order chi connectivity index (χ1) is 12.1. The highest BCUT2D eigenvalue weighted by Crippen LogP contribution is 2.29. The fourth-order valence-corrected chi connectivity index (χ4v) is 4.23. The summed E-state index contributed by atoms with van der Waals surface area (Å²) in [5.41, 5.74) is 1.90. The van der Waals surface area contributed by atoms with Crippen molar-refractivity contribution in [3.05, 3.63) is 45.4 Å². The normalized spacial score (nSPS) is 11.8. The lowest BCUT2D eigenvalue weighted by atomic mass is 10.1. The van der Waals surface area contributed by atoms with E-state index >= 15 is 0 Å². The molecule has 2 N–H and O–H groups in total. The number of likely N-dealkylation sites (N-methyl/N-ethyl adjacent to an activating group) is 1. The Morgan fingerprint density at radius 1 is 1.38 bits per heavy atom. The zero-order valence-corrected chi connectivity index (χ0v) is 17.3. The molecular formula is C17H22ClN5OS2. The molecule has 1 atom stereocenters. The molecule has 3 aromatic heterocycles. The van der Waals surface area contributed by atoms with Gasteiger partial charge in [0.25, 0.3) is 0 Å². The van der Waals surface area contributed by atoms with Crippen molar-refractivity contribution in [2.45, 2.75) is 19.4 Å². The lowest BCUT2D eigenvalue weighted by Crippen LogP contribution is -2.36. The zero-order chi connectivity index (χ0) is 17.8. The van der Waals surface area contributed by atoms with E-state index in [2.05, 4.69) is 38.2 Å². The molecule has 0 aliphatic carbocycles. The second kappa shape index (κ2) is 9.27. The van der Waals surface area contributed by atoms with Gasteiger partial charge in [-0.3, -0.25) is 9.48 Å². The van der Waals surface area contributed by atoms with E-state index in [-0.39, 0.29) is 24.4 Å². The summed E-state index contributed by atoms with van der Waals surface area (Å²) in [4.78, 5) is 19.3. The summed E-state index contributed by atoms with van der Waals surface area (Å²) in [5, 5.41) is 13.3. The number of carbonyl (C=O) groups excluding carboxylic acids is 1. The van der Waals surface area contributed by atoms with Crippen LogP contribution in [0.4, 0.5) is 0 Å². The topological polar surface area (TPSA) is 71.8 Å². The minimum Gasteiger partial charge on any atom is -0.354 e. The number of aryl methyl sites for hydroxylation is 2. The van der Waals surface area contributed by atoms with Crippen LogP contribution in [0.5, 0.6) is 0 Å². The van der Waals surface area contributed by atoms with Crippen LogP contribution in [-0.2, 0) is 18.3 Å². The maximum absolute atomic E-state index is 12.4. The monoisotopic (exact) mass is 411 g/mol. The van der Waals surface area contributed by atoms with Crippen LogP contribution in [0, 0.1) is 6.92 Å². The van der Waals surface area contributed by atoms with Crippen LogP contribution in [0.2, 0.25) is 0 Å². The quantitative estimate of drug-likeness (QED) is 0.627. The highest BCUT2D eigenvalue weighted by molar-refractivity contribution is 7.16. The SMILES string of the molecule is CNC(C(=O)NCCc1ccc(-c2csc(C)n2)s1)c1cnn(C)c1.Cl. The molecule has 0 fully saturated rings. The molecule has 1 unspecified atom stereocenters. The van der Waals surface area contributed by atoms with Gasteiger partial charge in [0.05, 0.1) is 21.8 Å². The number of nitrogens with zero attached hydrogens (tertiary/aromatic N) is 3. The predicted molar refractivity (Wildman–Crippen MR) is 109 cm³/mol. The molecule has 140 valence electrons. The molecule has 0 bridgehead atoms. The Morgan fingerprint density at radius 3 is 2.81 bits per heavy atom. The second-order valence-electron chi connectivity index (χ2n) is 5.73. The molecule has 26 heavy (non-hydrogen) atoms. The molecule has 3 heterocycles. The summed E-state index contributed by atoms with van der Waals surface area (Å²) in [6, 6.07) is 3.82. The average Bonchev–Trinajstić information content (AvgIpc) is 3.30. The molecule has 3 aromatic rings. The van der Waals surface area contributed by atoms with Crippen LogP contribution in [-0.4, -0.2) is 34.3 Å². The Kier molecular flexibility index (Phi) is 7.33. The number of aromatic nitrogens is 3. The Balaban J connectivity index is 0.00000243. The van der Waals surface area contributed by atoms with E-state index in [4.69, 9.17) is 0 Å². The van der Waals surface area contributed by atoms with Crippen molar-refractivity contribution in [1.82, 2.24) is 25.4 Å². The average molecular weight is 412 g/mol. The van der Waals surface area contributed by atoms with Crippen molar-refractivity contribution in [2.75, 3.05) is 13.6 Å². The summed E-state index contributed by atoms with van der Waals surface area (Å²) in [6.45, 7) is 2.62. The van der Waals surface area contributed by atoms with E-state index in [1.165, 1.54) is 9.75 Å². The molecule has 6 nitrogen and oxygen atoms in total. The van der Waals surface area contributed by atoms with Crippen molar-refractivity contribution in [2.24, 2.45) is 7.05 Å². The predicted octanol–water partition coefficient (Wildman–Crippen LogP) is 2.95. The Hall–Kier alpha value is -1.74. The first-order valence-electron chi connectivity index (χ1n) is 8.01. The number of thiazole rings is 1. The molecule has 0 aromatic carbocycles. The van der Waals surface area contributed by atoms with Gasteiger partial charge in [0.1, 0.15) is 6.04 Å². The van der Waals surface area contributed by atoms with Crippen LogP contribution in [0.1, 0.15) is 21.5 Å². The second-order valence-corrected chi connectivity index (χ2v) is 7.96. The van der Waals surface area contributed by atoms with Gasteiger partial charge in [-0.25, -0.2) is 4.98 Å². The maximum atomic E-state index is 12.4. The number of hydrogen-bond donors (Lipinski definition) is 2. The lowest BCUT2D eigenvalue weighted by molar-refractivity contribution is -0.123. The number of hydrogen-bond acceptors (Lipinski definition) is 6. The van der Waals surface area contributed by atoms with Gasteiger partial charge in [-0.2, -0.15) is 5.10 Å². The number of halogens is 1. The van der Waals surface area contributed by atoms with Gasteiger partial charge < -0.3 is 10.6 Å². The third-order valence-corrected chi connectivity index (χ3v) is 5.75. The molecule has 0 aliphatic heterocycles. The van der Waals surface area contributed by atoms with E-state index in [9.17, 15) is 4.79 Å². The van der Waals surface area contributed by atoms with Crippen molar-refractivity contribution >= 4 is 41.0 Å². The highest BCUT2D eigenvalue weighted by atomic mass is 35.5. The van der Waals surface area contributed by atoms with Crippen LogP contribution in [0.25, 0.3) is 10.6 Å². The number of thiophene rings is 1. The van der Waals surface area contributed by atoms with E-state index in [1.54, 1.807) is 40.6 Å². The number of carbonyl (C=O) groups is 1. The van der Waals surface area contributed by atoms with Gasteiger partial charge in [0.2, 0.25) is 5.91 Å². The smallest absolute Gasteiger partial charge is 0.241 e. The van der Waals surface area contributed by atoms with E-state index < -0.39 is 0 Å². The molecule has 0 spiro atoms. The summed E-state index contributed by atoms with van der Waals surface area (Å²) in [5.74, 6) is -0.0394. The van der Waals surface area contributed by atoms with E-state index in [1.807, 2.05) is 20.2 Å². The lowest BCUT2D eigenvalue weighted by Gasteiger charge is -2.14. The van der Waals surface area contributed by atoms with Gasteiger partial charge in [0, 0.05) is 35.6 Å². The molecular weight excluding hydrogens is 390 g/mol. The largest absolute Gasteiger partial charge is 0.354 e. The minimum absolute atomic E-state index is 0. The molecule has 0 aliphatic rings. The summed E-state index contributed by atoms with van der Waals surface area (Å²) < 4.78 is 1.69. The van der Waals surface area contributed by atoms with E-state index in [0.29, 0.717) is 6.54 Å². The maximum Gasteiger partial charge on any atom is 0.241 e. The first-order valence-corrected chi connectivity index (χ1v) is 9.71. The number of amides is 1. The van der Waals surface area contributed by atoms with Crippen molar-refractivity contribution in [3.8, 4) is 10.6 Å². The van der Waals surface area contributed by atoms with Crippen LogP contribution >= 0.6 is 35.1 Å². The molecule has 1 amide bonds. The molecule has 0 radical (unpaired) electrons. The highest BCUT2D eigenvalue weighted by Gasteiger charge is 2.19. The fourth-order valence-electron chi connectivity index (χ4n) is 2.58. The molecule has 0 saturated heterocycles. The van der Waals surface area contributed by atoms with E-state index in [0.717, 1.165) is 22.7 Å². The van der Waals surface area contributed by atoms with Crippen molar-refractivity contribution in [3.63, 3.8) is 0 Å². The fraction of sp³-hybridized carbons (Fsp3) is 0.353.